The zero-order chi connectivity index (χ0) is 21.1. The number of rotatable bonds is 10. The number of benzene rings is 1. The van der Waals surface area contributed by atoms with Crippen molar-refractivity contribution >= 4 is 29.9 Å². The normalized spacial score (nSPS) is 29.5. The zero-order valence-electron chi connectivity index (χ0n) is 18.1. The van der Waals surface area contributed by atoms with Crippen LogP contribution in [0, 0.1) is 23.2 Å². The number of nitrogens with one attached hydrogen (secondary N) is 2. The van der Waals surface area contributed by atoms with E-state index in [-0.39, 0.29) is 24.9 Å². The number of carbonyl (C=O) groups is 1. The Labute approximate surface area is 196 Å². The molecule has 1 aromatic rings. The van der Waals surface area contributed by atoms with Gasteiger partial charge >= 0.3 is 0 Å². The molecule has 5 rings (SSSR count). The highest BCUT2D eigenvalue weighted by Crippen LogP contribution is 2.59. The number of halogens is 2. The zero-order valence-corrected chi connectivity index (χ0v) is 19.7. The van der Waals surface area contributed by atoms with Crippen molar-refractivity contribution in [3.63, 3.8) is 0 Å². The molecule has 174 valence electrons. The fourth-order valence-corrected chi connectivity index (χ4v) is 6.76. The first-order valence-electron chi connectivity index (χ1n) is 11.5. The summed E-state index contributed by atoms with van der Waals surface area (Å²) in [5.74, 6) is 2.50. The largest absolute Gasteiger partial charge is 0.396 e. The van der Waals surface area contributed by atoms with E-state index in [0.29, 0.717) is 41.9 Å². The van der Waals surface area contributed by atoms with Crippen molar-refractivity contribution in [2.75, 3.05) is 26.2 Å². The van der Waals surface area contributed by atoms with Crippen LogP contribution in [0.25, 0.3) is 0 Å². The molecule has 4 bridgehead atoms. The van der Waals surface area contributed by atoms with Gasteiger partial charge in [-0.15, -0.1) is 12.4 Å². The molecule has 5 nitrogen and oxygen atoms in total. The second kappa shape index (κ2) is 10.8. The number of hydrogen-bond donors (Lipinski definition) is 4. The summed E-state index contributed by atoms with van der Waals surface area (Å²) in [5, 5.41) is 25.8. The minimum Gasteiger partial charge on any atom is -0.396 e. The third kappa shape index (κ3) is 6.14. The minimum absolute atomic E-state index is 0. The molecule has 4 N–H and O–H groups in total. The Hall–Kier alpha value is -0.850. The van der Waals surface area contributed by atoms with Gasteiger partial charge in [-0.1, -0.05) is 17.7 Å². The van der Waals surface area contributed by atoms with E-state index in [1.165, 1.54) is 38.5 Å². The summed E-state index contributed by atoms with van der Waals surface area (Å²) in [6.45, 7) is 2.03. The first-order valence-corrected chi connectivity index (χ1v) is 11.9. The van der Waals surface area contributed by atoms with Crippen molar-refractivity contribution in [3.8, 4) is 0 Å². The third-order valence-electron chi connectivity index (χ3n) is 7.43. The quantitative estimate of drug-likeness (QED) is 0.393. The molecule has 1 aromatic carbocycles. The monoisotopic (exact) mass is 470 g/mol. The third-order valence-corrected chi connectivity index (χ3v) is 7.76. The molecule has 4 aliphatic carbocycles. The number of carbonyl (C=O) groups excluding carboxylic acids is 1. The lowest BCUT2D eigenvalue weighted by Gasteiger charge is -2.56. The van der Waals surface area contributed by atoms with Crippen LogP contribution in [0.15, 0.2) is 18.2 Å². The lowest BCUT2D eigenvalue weighted by Crippen LogP contribution is -2.51. The van der Waals surface area contributed by atoms with E-state index in [1.807, 2.05) is 12.1 Å². The standard InChI is InChI=1S/C24H35ClN2O3.ClH/c25-22-3-2-16(9-20(29)14-26-4-1-5-28)10-21(22)23(30)27-15-24-11-17-6-18(12-24)8-19(7-17)13-24;/h2-3,10,17-20,26,28-29H,1,4-9,11-15H2,(H,27,30);1H/t17?,18?,19?,20-,24?;/m1./s1. The Morgan fingerprint density at radius 3 is 2.42 bits per heavy atom. The maximum absolute atomic E-state index is 12.9. The molecular formula is C24H36Cl2N2O3. The fourth-order valence-electron chi connectivity index (χ4n) is 6.56. The fraction of sp³-hybridized carbons (Fsp3) is 0.708. The van der Waals surface area contributed by atoms with Gasteiger partial charge in [-0.3, -0.25) is 4.79 Å². The van der Waals surface area contributed by atoms with Crippen LogP contribution in [-0.4, -0.2) is 48.5 Å². The van der Waals surface area contributed by atoms with Crippen LogP contribution >= 0.6 is 24.0 Å². The highest BCUT2D eigenvalue weighted by Gasteiger charge is 2.50. The molecular weight excluding hydrogens is 435 g/mol. The van der Waals surface area contributed by atoms with Crippen molar-refractivity contribution in [2.45, 2.75) is 57.5 Å². The molecule has 0 aromatic heterocycles. The van der Waals surface area contributed by atoms with Gasteiger partial charge < -0.3 is 20.8 Å². The summed E-state index contributed by atoms with van der Waals surface area (Å²) < 4.78 is 0. The number of aliphatic hydroxyl groups excluding tert-OH is 2. The molecule has 0 radical (unpaired) electrons. The van der Waals surface area contributed by atoms with Gasteiger partial charge in [0.2, 0.25) is 0 Å². The Kier molecular flexibility index (Phi) is 8.67. The molecule has 0 saturated heterocycles. The van der Waals surface area contributed by atoms with E-state index >= 15 is 0 Å². The molecule has 4 aliphatic rings. The molecule has 4 fully saturated rings. The first-order chi connectivity index (χ1) is 14.5. The van der Waals surface area contributed by atoms with Crippen molar-refractivity contribution in [1.29, 1.82) is 0 Å². The van der Waals surface area contributed by atoms with E-state index in [9.17, 15) is 9.90 Å². The SMILES string of the molecule is Cl.O=C(NCC12CC3CC(CC(C3)C1)C2)c1cc(C[C@@H](O)CNCCCO)ccc1Cl. The van der Waals surface area contributed by atoms with Gasteiger partial charge in [0.05, 0.1) is 16.7 Å². The Morgan fingerprint density at radius 2 is 1.81 bits per heavy atom. The van der Waals surface area contributed by atoms with Gasteiger partial charge in [0.1, 0.15) is 0 Å². The van der Waals surface area contributed by atoms with Gasteiger partial charge in [0.15, 0.2) is 0 Å². The number of amides is 1. The molecule has 7 heteroatoms. The van der Waals surface area contributed by atoms with Crippen LogP contribution < -0.4 is 10.6 Å². The highest BCUT2D eigenvalue weighted by atomic mass is 35.5. The lowest BCUT2D eigenvalue weighted by molar-refractivity contribution is -0.0503. The smallest absolute Gasteiger partial charge is 0.252 e. The van der Waals surface area contributed by atoms with Gasteiger partial charge in [-0.25, -0.2) is 0 Å². The second-order valence-corrected chi connectivity index (χ2v) is 10.5. The molecule has 31 heavy (non-hydrogen) atoms. The summed E-state index contributed by atoms with van der Waals surface area (Å²) in [5.41, 5.74) is 1.69. The topological polar surface area (TPSA) is 81.6 Å². The van der Waals surface area contributed by atoms with Gasteiger partial charge in [0.25, 0.3) is 5.91 Å². The lowest BCUT2D eigenvalue weighted by atomic mass is 9.49. The van der Waals surface area contributed by atoms with Crippen molar-refractivity contribution < 1.29 is 15.0 Å². The van der Waals surface area contributed by atoms with Crippen LogP contribution in [0.3, 0.4) is 0 Å². The summed E-state index contributed by atoms with van der Waals surface area (Å²) in [7, 11) is 0. The van der Waals surface area contributed by atoms with E-state index in [1.54, 1.807) is 6.07 Å². The van der Waals surface area contributed by atoms with E-state index < -0.39 is 6.10 Å². The molecule has 0 spiro atoms. The predicted octanol–water partition coefficient (Wildman–Crippen LogP) is 3.58. The molecule has 0 heterocycles. The summed E-state index contributed by atoms with van der Waals surface area (Å²) in [6, 6.07) is 5.44. The Morgan fingerprint density at radius 1 is 1.16 bits per heavy atom. The van der Waals surface area contributed by atoms with Gasteiger partial charge in [-0.05, 0) is 98.8 Å². The second-order valence-electron chi connectivity index (χ2n) is 10.1. The van der Waals surface area contributed by atoms with E-state index in [2.05, 4.69) is 10.6 Å². The van der Waals surface area contributed by atoms with Gasteiger partial charge in [0, 0.05) is 19.7 Å². The maximum atomic E-state index is 12.9. The average Bonchev–Trinajstić information content (AvgIpc) is 2.70. The average molecular weight is 471 g/mol. The maximum Gasteiger partial charge on any atom is 0.252 e. The summed E-state index contributed by atoms with van der Waals surface area (Å²) in [6.07, 6.45) is 8.58. The first kappa shape index (κ1) is 24.8. The number of aliphatic hydroxyl groups is 2. The minimum atomic E-state index is -0.548. The van der Waals surface area contributed by atoms with Crippen molar-refractivity contribution in [1.82, 2.24) is 10.6 Å². The molecule has 1 amide bonds. The summed E-state index contributed by atoms with van der Waals surface area (Å²) >= 11 is 6.34. The number of hydrogen-bond acceptors (Lipinski definition) is 4. The van der Waals surface area contributed by atoms with Crippen LogP contribution in [0.2, 0.25) is 5.02 Å². The molecule has 0 unspecified atom stereocenters. The van der Waals surface area contributed by atoms with E-state index in [4.69, 9.17) is 16.7 Å². The van der Waals surface area contributed by atoms with Gasteiger partial charge in [-0.2, -0.15) is 0 Å². The Bertz CT molecular complexity index is 723. The van der Waals surface area contributed by atoms with Crippen LogP contribution in [0.5, 0.6) is 0 Å². The molecule has 0 aliphatic heterocycles. The van der Waals surface area contributed by atoms with Crippen LogP contribution in [0.4, 0.5) is 0 Å². The molecule has 4 saturated carbocycles. The van der Waals surface area contributed by atoms with Crippen LogP contribution in [0.1, 0.15) is 60.9 Å². The van der Waals surface area contributed by atoms with Crippen LogP contribution in [-0.2, 0) is 6.42 Å². The summed E-state index contributed by atoms with van der Waals surface area (Å²) in [4.78, 5) is 12.9. The van der Waals surface area contributed by atoms with E-state index in [0.717, 1.165) is 29.9 Å². The predicted molar refractivity (Wildman–Crippen MR) is 126 cm³/mol. The molecule has 1 atom stereocenters. The highest BCUT2D eigenvalue weighted by molar-refractivity contribution is 6.33. The van der Waals surface area contributed by atoms with Crippen molar-refractivity contribution in [2.24, 2.45) is 23.2 Å². The Balaban J connectivity index is 0.00000272. The van der Waals surface area contributed by atoms with Crippen molar-refractivity contribution in [3.05, 3.63) is 34.3 Å².